The molecule has 0 aliphatic heterocycles. The van der Waals surface area contributed by atoms with Crippen molar-refractivity contribution in [2.24, 2.45) is 0 Å². The highest BCUT2D eigenvalue weighted by Gasteiger charge is 2.18. The quantitative estimate of drug-likeness (QED) is 0.786. The fourth-order valence-corrected chi connectivity index (χ4v) is 1.82. The number of halogens is 2. The van der Waals surface area contributed by atoms with Crippen molar-refractivity contribution >= 4 is 17.4 Å². The average Bonchev–Trinajstić information content (AvgIpc) is 2.44. The summed E-state index contributed by atoms with van der Waals surface area (Å²) in [5.74, 6) is -0.888. The molecule has 0 aliphatic carbocycles. The normalized spacial score (nSPS) is 11.9. The number of Topliss-reactive ketones (excluding diaryl/α,β-unsaturated/α-hetero) is 1. The highest BCUT2D eigenvalue weighted by Crippen LogP contribution is 2.25. The summed E-state index contributed by atoms with van der Waals surface area (Å²) in [6.45, 7) is 1.58. The molecular formula is C15H12ClFO2. The maximum Gasteiger partial charge on any atom is 0.202 e. The summed E-state index contributed by atoms with van der Waals surface area (Å²) in [5.41, 5.74) is 0.525. The number of carbonyl (C=O) groups excluding carboxylic acids is 1. The number of benzene rings is 2. The fraction of sp³-hybridized carbons (Fsp3) is 0.133. The lowest BCUT2D eigenvalue weighted by molar-refractivity contribution is 0.0812. The molecule has 0 heterocycles. The lowest BCUT2D eigenvalue weighted by Gasteiger charge is -2.14. The van der Waals surface area contributed by atoms with Crippen LogP contribution in [0.15, 0.2) is 48.5 Å². The Morgan fingerprint density at radius 2 is 1.84 bits per heavy atom. The Hall–Kier alpha value is -1.87. The van der Waals surface area contributed by atoms with Gasteiger partial charge in [0.1, 0.15) is 0 Å². The van der Waals surface area contributed by atoms with Gasteiger partial charge in [0, 0.05) is 5.56 Å². The van der Waals surface area contributed by atoms with Crippen LogP contribution < -0.4 is 4.74 Å². The Morgan fingerprint density at radius 1 is 1.16 bits per heavy atom. The van der Waals surface area contributed by atoms with E-state index in [1.165, 1.54) is 12.1 Å². The van der Waals surface area contributed by atoms with Crippen LogP contribution in [0.5, 0.6) is 5.75 Å². The lowest BCUT2D eigenvalue weighted by atomic mass is 10.1. The maximum atomic E-state index is 13.7. The van der Waals surface area contributed by atoms with E-state index < -0.39 is 11.9 Å². The Labute approximate surface area is 115 Å². The summed E-state index contributed by atoms with van der Waals surface area (Å²) in [6, 6.07) is 13.2. The third kappa shape index (κ3) is 3.12. The van der Waals surface area contributed by atoms with Crippen molar-refractivity contribution in [3.63, 3.8) is 0 Å². The van der Waals surface area contributed by atoms with Crippen LogP contribution in [0.2, 0.25) is 5.02 Å². The maximum absolute atomic E-state index is 13.7. The summed E-state index contributed by atoms with van der Waals surface area (Å²) in [4.78, 5) is 12.1. The molecule has 0 saturated carbocycles. The molecular weight excluding hydrogens is 267 g/mol. The molecule has 2 rings (SSSR count). The topological polar surface area (TPSA) is 26.3 Å². The Kier molecular flexibility index (Phi) is 4.17. The van der Waals surface area contributed by atoms with Crippen molar-refractivity contribution < 1.29 is 13.9 Å². The summed E-state index contributed by atoms with van der Waals surface area (Å²) in [6.07, 6.45) is -0.782. The van der Waals surface area contributed by atoms with Gasteiger partial charge in [0.15, 0.2) is 17.7 Å². The summed E-state index contributed by atoms with van der Waals surface area (Å²) < 4.78 is 19.0. The summed E-state index contributed by atoms with van der Waals surface area (Å²) >= 11 is 5.65. The summed E-state index contributed by atoms with van der Waals surface area (Å²) in [7, 11) is 0. The highest BCUT2D eigenvalue weighted by atomic mass is 35.5. The highest BCUT2D eigenvalue weighted by molar-refractivity contribution is 6.30. The molecule has 0 spiro atoms. The largest absolute Gasteiger partial charge is 0.479 e. The van der Waals surface area contributed by atoms with Gasteiger partial charge in [-0.3, -0.25) is 4.79 Å². The molecule has 98 valence electrons. The SMILES string of the molecule is CC(Oc1cccc(Cl)c1F)C(=O)c1ccccc1. The van der Waals surface area contributed by atoms with Crippen molar-refractivity contribution in [3.05, 3.63) is 64.9 Å². The van der Waals surface area contributed by atoms with Crippen LogP contribution >= 0.6 is 11.6 Å². The molecule has 19 heavy (non-hydrogen) atoms. The van der Waals surface area contributed by atoms with E-state index >= 15 is 0 Å². The minimum Gasteiger partial charge on any atom is -0.479 e. The van der Waals surface area contributed by atoms with Gasteiger partial charge in [-0.25, -0.2) is 4.39 Å². The first-order valence-corrected chi connectivity index (χ1v) is 6.17. The second kappa shape index (κ2) is 5.85. The van der Waals surface area contributed by atoms with Crippen LogP contribution in [-0.2, 0) is 0 Å². The zero-order valence-corrected chi connectivity index (χ0v) is 11.0. The first kappa shape index (κ1) is 13.6. The standard InChI is InChI=1S/C15H12ClFO2/c1-10(15(18)11-6-3-2-4-7-11)19-13-9-5-8-12(16)14(13)17/h2-10H,1H3. The molecule has 0 N–H and O–H groups in total. The molecule has 4 heteroatoms. The molecule has 2 aromatic rings. The molecule has 0 amide bonds. The van der Waals surface area contributed by atoms with Gasteiger partial charge < -0.3 is 4.74 Å². The van der Waals surface area contributed by atoms with E-state index in [0.717, 1.165) is 0 Å². The third-order valence-electron chi connectivity index (χ3n) is 2.65. The predicted molar refractivity (Wildman–Crippen MR) is 72.3 cm³/mol. The molecule has 0 bridgehead atoms. The molecule has 0 fully saturated rings. The van der Waals surface area contributed by atoms with Gasteiger partial charge in [0.05, 0.1) is 5.02 Å². The van der Waals surface area contributed by atoms with Crippen LogP contribution in [-0.4, -0.2) is 11.9 Å². The van der Waals surface area contributed by atoms with Gasteiger partial charge >= 0.3 is 0 Å². The molecule has 2 aromatic carbocycles. The third-order valence-corrected chi connectivity index (χ3v) is 2.94. The number of ketones is 1. The van der Waals surface area contributed by atoms with Gasteiger partial charge in [-0.05, 0) is 19.1 Å². The zero-order valence-electron chi connectivity index (χ0n) is 10.3. The molecule has 0 aliphatic rings. The Balaban J connectivity index is 2.15. The van der Waals surface area contributed by atoms with Crippen molar-refractivity contribution in [3.8, 4) is 5.75 Å². The Morgan fingerprint density at radius 3 is 2.53 bits per heavy atom. The average molecular weight is 279 g/mol. The van der Waals surface area contributed by atoms with Crippen LogP contribution in [0.1, 0.15) is 17.3 Å². The van der Waals surface area contributed by atoms with Gasteiger partial charge in [-0.1, -0.05) is 48.0 Å². The fourth-order valence-electron chi connectivity index (χ4n) is 1.66. The molecule has 1 atom stereocenters. The molecule has 0 aromatic heterocycles. The number of hydrogen-bond acceptors (Lipinski definition) is 2. The van der Waals surface area contributed by atoms with Crippen molar-refractivity contribution in [2.45, 2.75) is 13.0 Å². The van der Waals surface area contributed by atoms with E-state index in [1.807, 2.05) is 6.07 Å². The summed E-state index contributed by atoms with van der Waals surface area (Å²) in [5, 5.41) is -0.0307. The minimum atomic E-state index is -0.782. The minimum absolute atomic E-state index is 0.0238. The Bertz CT molecular complexity index is 584. The molecule has 0 saturated heterocycles. The molecule has 0 radical (unpaired) electrons. The lowest BCUT2D eigenvalue weighted by Crippen LogP contribution is -2.24. The van der Waals surface area contributed by atoms with E-state index in [-0.39, 0.29) is 16.6 Å². The van der Waals surface area contributed by atoms with Crippen molar-refractivity contribution in [1.29, 1.82) is 0 Å². The number of rotatable bonds is 4. The van der Waals surface area contributed by atoms with Gasteiger partial charge in [-0.15, -0.1) is 0 Å². The second-order valence-electron chi connectivity index (χ2n) is 4.04. The van der Waals surface area contributed by atoms with E-state index in [4.69, 9.17) is 16.3 Å². The van der Waals surface area contributed by atoms with Crippen LogP contribution in [0.4, 0.5) is 4.39 Å². The number of hydrogen-bond donors (Lipinski definition) is 0. The van der Waals surface area contributed by atoms with Crippen molar-refractivity contribution in [1.82, 2.24) is 0 Å². The van der Waals surface area contributed by atoms with Gasteiger partial charge in [-0.2, -0.15) is 0 Å². The zero-order chi connectivity index (χ0) is 13.8. The molecule has 2 nitrogen and oxygen atoms in total. The monoisotopic (exact) mass is 278 g/mol. The first-order valence-electron chi connectivity index (χ1n) is 5.79. The number of ether oxygens (including phenoxy) is 1. The molecule has 1 unspecified atom stereocenters. The van der Waals surface area contributed by atoms with Crippen LogP contribution in [0.3, 0.4) is 0 Å². The van der Waals surface area contributed by atoms with Gasteiger partial charge in [0.25, 0.3) is 0 Å². The van der Waals surface area contributed by atoms with E-state index in [1.54, 1.807) is 37.3 Å². The van der Waals surface area contributed by atoms with E-state index in [9.17, 15) is 9.18 Å². The smallest absolute Gasteiger partial charge is 0.202 e. The van der Waals surface area contributed by atoms with Crippen LogP contribution in [0, 0.1) is 5.82 Å². The first-order chi connectivity index (χ1) is 9.09. The van der Waals surface area contributed by atoms with Gasteiger partial charge in [0.2, 0.25) is 5.78 Å². The number of carbonyl (C=O) groups is 1. The second-order valence-corrected chi connectivity index (χ2v) is 4.45. The van der Waals surface area contributed by atoms with Crippen LogP contribution in [0.25, 0.3) is 0 Å². The van der Waals surface area contributed by atoms with Crippen molar-refractivity contribution in [2.75, 3.05) is 0 Å². The van der Waals surface area contributed by atoms with E-state index in [2.05, 4.69) is 0 Å². The van der Waals surface area contributed by atoms with E-state index in [0.29, 0.717) is 5.56 Å². The predicted octanol–water partition coefficient (Wildman–Crippen LogP) is 4.13.